The molecule has 0 aromatic carbocycles. The lowest BCUT2D eigenvalue weighted by Crippen LogP contribution is -2.37. The number of fused-ring (bicyclic) bond motifs is 1. The van der Waals surface area contributed by atoms with E-state index in [0.717, 1.165) is 56.6 Å². The predicted octanol–water partition coefficient (Wildman–Crippen LogP) is 2.91. The fourth-order valence-corrected chi connectivity index (χ4v) is 5.36. The average Bonchev–Trinajstić information content (AvgIpc) is 3.33. The summed E-state index contributed by atoms with van der Waals surface area (Å²) in [6, 6.07) is 0.280. The van der Waals surface area contributed by atoms with Crippen LogP contribution in [0.1, 0.15) is 44.7 Å². The molecule has 1 aromatic heterocycles. The molecule has 0 saturated carbocycles. The molecule has 5 rings (SSSR count). The highest BCUT2D eigenvalue weighted by Crippen LogP contribution is 2.45. The molecule has 8 nitrogen and oxygen atoms in total. The molecule has 1 aliphatic carbocycles. The van der Waals surface area contributed by atoms with Crippen LogP contribution < -0.4 is 5.32 Å². The highest BCUT2D eigenvalue weighted by molar-refractivity contribution is 6.32. The first-order valence-corrected chi connectivity index (χ1v) is 12.2. The Hall–Kier alpha value is -2.45. The Morgan fingerprint density at radius 1 is 1.24 bits per heavy atom. The second-order valence-corrected chi connectivity index (χ2v) is 10.0. The average molecular weight is 472 g/mol. The maximum absolute atomic E-state index is 13.3. The minimum absolute atomic E-state index is 0.0421. The fraction of sp³-hybridized carbons (Fsp3) is 0.583. The molecule has 1 unspecified atom stereocenters. The number of rotatable bonds is 6. The Bertz CT molecular complexity index is 1020. The molecule has 1 atom stereocenters. The number of ether oxygens (including phenoxy) is 1. The lowest BCUT2D eigenvalue weighted by Gasteiger charge is -2.27. The highest BCUT2D eigenvalue weighted by Gasteiger charge is 2.45. The van der Waals surface area contributed by atoms with E-state index in [9.17, 15) is 9.59 Å². The van der Waals surface area contributed by atoms with Gasteiger partial charge in [0.05, 0.1) is 16.9 Å². The Morgan fingerprint density at radius 3 is 2.79 bits per heavy atom. The van der Waals surface area contributed by atoms with Gasteiger partial charge in [-0.2, -0.15) is 0 Å². The van der Waals surface area contributed by atoms with E-state index >= 15 is 0 Å². The van der Waals surface area contributed by atoms with Gasteiger partial charge < -0.3 is 19.9 Å². The van der Waals surface area contributed by atoms with E-state index in [4.69, 9.17) is 21.3 Å². The zero-order valence-corrected chi connectivity index (χ0v) is 19.7. The van der Waals surface area contributed by atoms with Gasteiger partial charge in [0.15, 0.2) is 0 Å². The van der Waals surface area contributed by atoms with Crippen LogP contribution in [0.2, 0.25) is 5.02 Å². The van der Waals surface area contributed by atoms with Gasteiger partial charge in [-0.3, -0.25) is 9.59 Å². The molecular formula is C24H30ClN5O3. The number of anilines is 1. The van der Waals surface area contributed by atoms with Gasteiger partial charge in [-0.15, -0.1) is 0 Å². The van der Waals surface area contributed by atoms with Crippen LogP contribution >= 0.6 is 11.6 Å². The number of amides is 2. The van der Waals surface area contributed by atoms with Crippen molar-refractivity contribution in [3.63, 3.8) is 0 Å². The Morgan fingerprint density at radius 2 is 2.03 bits per heavy atom. The molecule has 33 heavy (non-hydrogen) atoms. The quantitative estimate of drug-likeness (QED) is 0.686. The van der Waals surface area contributed by atoms with Gasteiger partial charge in [-0.05, 0) is 37.3 Å². The first-order valence-electron chi connectivity index (χ1n) is 11.8. The molecule has 4 heterocycles. The third kappa shape index (κ3) is 4.51. The van der Waals surface area contributed by atoms with Gasteiger partial charge in [0.25, 0.3) is 5.91 Å². The molecule has 3 fully saturated rings. The largest absolute Gasteiger partial charge is 0.381 e. The number of carbonyl (C=O) groups is 2. The maximum Gasteiger partial charge on any atom is 0.250 e. The van der Waals surface area contributed by atoms with E-state index in [1.54, 1.807) is 6.20 Å². The molecule has 1 aromatic rings. The van der Waals surface area contributed by atoms with E-state index < -0.39 is 0 Å². The van der Waals surface area contributed by atoms with Gasteiger partial charge in [0.2, 0.25) is 11.9 Å². The minimum atomic E-state index is -0.238. The summed E-state index contributed by atoms with van der Waals surface area (Å²) in [4.78, 5) is 38.0. The van der Waals surface area contributed by atoms with Crippen LogP contribution in [0.15, 0.2) is 23.9 Å². The number of likely N-dealkylation sites (tertiary alicyclic amines) is 2. The molecule has 176 valence electrons. The third-order valence-electron chi connectivity index (χ3n) is 7.16. The number of aromatic nitrogens is 2. The van der Waals surface area contributed by atoms with Gasteiger partial charge in [0.1, 0.15) is 0 Å². The number of nitrogens with one attached hydrogen (secondary N) is 1. The van der Waals surface area contributed by atoms with Crippen LogP contribution in [0, 0.1) is 5.41 Å². The number of nitrogens with zero attached hydrogens (tertiary/aromatic N) is 4. The van der Waals surface area contributed by atoms with Gasteiger partial charge in [-0.25, -0.2) is 9.97 Å². The first kappa shape index (κ1) is 22.3. The topological polar surface area (TPSA) is 87.7 Å². The predicted molar refractivity (Wildman–Crippen MR) is 126 cm³/mol. The molecule has 0 bridgehead atoms. The first-order chi connectivity index (χ1) is 15.9. The van der Waals surface area contributed by atoms with Crippen molar-refractivity contribution in [2.75, 3.05) is 44.7 Å². The van der Waals surface area contributed by atoms with Crippen molar-refractivity contribution in [1.29, 1.82) is 0 Å². The lowest BCUT2D eigenvalue weighted by atomic mass is 9.76. The molecule has 3 saturated heterocycles. The van der Waals surface area contributed by atoms with Crippen molar-refractivity contribution < 1.29 is 14.3 Å². The summed E-state index contributed by atoms with van der Waals surface area (Å²) in [5.41, 5.74) is 2.05. The number of halogens is 1. The molecule has 9 heteroatoms. The molecule has 4 aliphatic rings. The SMILES string of the molecule is CC12CC=C(c3nc(NC4CCOCC4)ncc3Cl)C=C1C(=O)N(CCN1CCCC1=O)C2. The van der Waals surface area contributed by atoms with E-state index in [-0.39, 0.29) is 23.3 Å². The lowest BCUT2D eigenvalue weighted by molar-refractivity contribution is -0.130. The molecule has 0 radical (unpaired) electrons. The normalized spacial score (nSPS) is 25.9. The van der Waals surface area contributed by atoms with Crippen LogP contribution in [0.3, 0.4) is 0 Å². The van der Waals surface area contributed by atoms with E-state index in [1.165, 1.54) is 0 Å². The van der Waals surface area contributed by atoms with E-state index in [1.807, 2.05) is 15.9 Å². The number of allylic oxidation sites excluding steroid dienone is 3. The molecule has 0 spiro atoms. The summed E-state index contributed by atoms with van der Waals surface area (Å²) in [7, 11) is 0. The maximum atomic E-state index is 13.3. The Labute approximate surface area is 199 Å². The Kier molecular flexibility index (Phi) is 6.14. The van der Waals surface area contributed by atoms with Crippen LogP contribution in [0.25, 0.3) is 5.57 Å². The zero-order chi connectivity index (χ0) is 23.0. The van der Waals surface area contributed by atoms with Gasteiger partial charge in [-0.1, -0.05) is 24.6 Å². The second-order valence-electron chi connectivity index (χ2n) is 9.61. The van der Waals surface area contributed by atoms with Crippen molar-refractivity contribution in [2.45, 2.75) is 45.1 Å². The number of hydrogen-bond acceptors (Lipinski definition) is 6. The third-order valence-corrected chi connectivity index (χ3v) is 7.44. The summed E-state index contributed by atoms with van der Waals surface area (Å²) in [5, 5.41) is 3.85. The Balaban J connectivity index is 1.32. The zero-order valence-electron chi connectivity index (χ0n) is 19.0. The van der Waals surface area contributed by atoms with Crippen molar-refractivity contribution in [3.05, 3.63) is 34.6 Å². The fourth-order valence-electron chi connectivity index (χ4n) is 5.16. The van der Waals surface area contributed by atoms with Crippen molar-refractivity contribution in [1.82, 2.24) is 19.8 Å². The van der Waals surface area contributed by atoms with Crippen molar-refractivity contribution >= 4 is 34.9 Å². The summed E-state index contributed by atoms with van der Waals surface area (Å²) >= 11 is 6.48. The van der Waals surface area contributed by atoms with Crippen LogP contribution in [-0.2, 0) is 14.3 Å². The van der Waals surface area contributed by atoms with Crippen molar-refractivity contribution in [3.8, 4) is 0 Å². The summed E-state index contributed by atoms with van der Waals surface area (Å²) < 4.78 is 5.42. The van der Waals surface area contributed by atoms with Crippen molar-refractivity contribution in [2.24, 2.45) is 5.41 Å². The summed E-state index contributed by atoms with van der Waals surface area (Å²) in [5.74, 6) is 0.779. The van der Waals surface area contributed by atoms with E-state index in [0.29, 0.717) is 42.7 Å². The monoisotopic (exact) mass is 471 g/mol. The molecule has 3 aliphatic heterocycles. The molecular weight excluding hydrogens is 442 g/mol. The number of carbonyl (C=O) groups excluding carboxylic acids is 2. The van der Waals surface area contributed by atoms with Gasteiger partial charge >= 0.3 is 0 Å². The molecule has 2 amide bonds. The van der Waals surface area contributed by atoms with Crippen LogP contribution in [0.4, 0.5) is 5.95 Å². The summed E-state index contributed by atoms with van der Waals surface area (Å²) in [6.45, 7) is 6.23. The standard InChI is InChI=1S/C24H30ClN5O3/c1-24-7-4-16(21-19(25)14-26-23(28-21)27-17-5-11-33-12-6-17)13-18(24)22(32)30(15-24)10-9-29-8-2-3-20(29)31/h4,13-14,17H,2-3,5-12,15H2,1H3,(H,26,27,28). The second kappa shape index (κ2) is 9.06. The number of hydrogen-bond donors (Lipinski definition) is 1. The smallest absolute Gasteiger partial charge is 0.250 e. The van der Waals surface area contributed by atoms with Crippen LogP contribution in [-0.4, -0.2) is 77.0 Å². The van der Waals surface area contributed by atoms with E-state index in [2.05, 4.69) is 23.3 Å². The highest BCUT2D eigenvalue weighted by atomic mass is 35.5. The minimum Gasteiger partial charge on any atom is -0.381 e. The molecule has 1 N–H and O–H groups in total. The van der Waals surface area contributed by atoms with Crippen LogP contribution in [0.5, 0.6) is 0 Å². The summed E-state index contributed by atoms with van der Waals surface area (Å²) in [6.07, 6.45) is 9.79. The van der Waals surface area contributed by atoms with Gasteiger partial charge in [0, 0.05) is 62.8 Å².